The molecule has 2 heterocycles. The van der Waals surface area contributed by atoms with E-state index in [2.05, 4.69) is 10.6 Å². The van der Waals surface area contributed by atoms with Crippen LogP contribution in [0, 0.1) is 6.92 Å². The molecule has 0 aromatic heterocycles. The Morgan fingerprint density at radius 3 is 2.61 bits per heavy atom. The van der Waals surface area contributed by atoms with Crippen LogP contribution in [-0.2, 0) is 9.67 Å². The molecule has 2 aliphatic rings. The Bertz CT molecular complexity index is 958. The van der Waals surface area contributed by atoms with Gasteiger partial charge in [0.15, 0.2) is 4.87 Å². The molecule has 0 unspecified atom stereocenters. The number of hydrogen-bond donors (Lipinski definition) is 2. The summed E-state index contributed by atoms with van der Waals surface area (Å²) in [4.78, 5) is 26.9. The van der Waals surface area contributed by atoms with Crippen molar-refractivity contribution >= 4 is 35.1 Å². The van der Waals surface area contributed by atoms with E-state index in [0.717, 1.165) is 11.1 Å². The van der Waals surface area contributed by atoms with E-state index in [4.69, 9.17) is 4.74 Å². The Kier molecular flexibility index (Phi) is 4.30. The van der Waals surface area contributed by atoms with Crippen molar-refractivity contribution in [3.63, 3.8) is 0 Å². The van der Waals surface area contributed by atoms with Crippen LogP contribution in [0.1, 0.15) is 25.0 Å². The summed E-state index contributed by atoms with van der Waals surface area (Å²) in [5, 5.41) is 5.88. The highest BCUT2D eigenvalue weighted by Gasteiger charge is 2.61. The maximum atomic E-state index is 13.2. The topological polar surface area (TPSA) is 70.7 Å². The second-order valence-electron chi connectivity index (χ2n) is 7.75. The number of hydrogen-bond acceptors (Lipinski definition) is 4. The van der Waals surface area contributed by atoms with Crippen LogP contribution in [0.3, 0.4) is 0 Å². The lowest BCUT2D eigenvalue weighted by atomic mass is 10.0. The number of urea groups is 1. The third-order valence-electron chi connectivity index (χ3n) is 5.04. The average molecular weight is 398 g/mol. The summed E-state index contributed by atoms with van der Waals surface area (Å²) in [6.07, 6.45) is 0. The molecule has 1 fully saturated rings. The number of thioether (sulfide) groups is 1. The summed E-state index contributed by atoms with van der Waals surface area (Å²) in [5.41, 5.74) is 3.28. The van der Waals surface area contributed by atoms with Crippen molar-refractivity contribution in [1.82, 2.24) is 4.90 Å². The monoisotopic (exact) mass is 397 g/mol. The molecule has 2 aromatic rings. The fraction of sp³-hybridized carbons (Fsp3) is 0.333. The number of benzene rings is 2. The van der Waals surface area contributed by atoms with Crippen molar-refractivity contribution < 1.29 is 14.3 Å². The first-order valence-corrected chi connectivity index (χ1v) is 9.92. The van der Waals surface area contributed by atoms with Gasteiger partial charge in [0.1, 0.15) is 5.75 Å². The minimum absolute atomic E-state index is 0.203. The highest BCUT2D eigenvalue weighted by Crippen LogP contribution is 2.58. The molecule has 1 saturated heterocycles. The van der Waals surface area contributed by atoms with Gasteiger partial charge in [0, 0.05) is 28.2 Å². The molecule has 7 heteroatoms. The van der Waals surface area contributed by atoms with Gasteiger partial charge in [-0.1, -0.05) is 17.7 Å². The number of nitrogens with one attached hydrogen (secondary N) is 2. The molecular formula is C21H23N3O3S. The number of carbonyl (C=O) groups excluding carboxylic acids is 2. The van der Waals surface area contributed by atoms with E-state index in [0.29, 0.717) is 23.7 Å². The van der Waals surface area contributed by atoms with Crippen molar-refractivity contribution in [2.75, 3.05) is 24.3 Å². The van der Waals surface area contributed by atoms with Gasteiger partial charge >= 0.3 is 6.03 Å². The van der Waals surface area contributed by atoms with Crippen molar-refractivity contribution in [3.05, 3.63) is 53.6 Å². The second kappa shape index (κ2) is 6.44. The van der Waals surface area contributed by atoms with Crippen molar-refractivity contribution in [1.29, 1.82) is 0 Å². The van der Waals surface area contributed by atoms with Crippen LogP contribution in [0.4, 0.5) is 16.2 Å². The van der Waals surface area contributed by atoms with E-state index in [1.807, 2.05) is 57.2 Å². The summed E-state index contributed by atoms with van der Waals surface area (Å²) >= 11 is 1.49. The van der Waals surface area contributed by atoms with Crippen LogP contribution < -0.4 is 15.4 Å². The normalized spacial score (nSPS) is 22.1. The van der Waals surface area contributed by atoms with Gasteiger partial charge in [-0.05, 0) is 51.1 Å². The molecule has 6 nitrogen and oxygen atoms in total. The lowest BCUT2D eigenvalue weighted by molar-refractivity contribution is -0.121. The minimum Gasteiger partial charge on any atom is -0.497 e. The molecule has 0 aliphatic carbocycles. The predicted molar refractivity (Wildman–Crippen MR) is 112 cm³/mol. The van der Waals surface area contributed by atoms with Crippen LogP contribution >= 0.6 is 11.8 Å². The third kappa shape index (κ3) is 2.90. The van der Waals surface area contributed by atoms with Gasteiger partial charge in [0.05, 0.1) is 7.11 Å². The number of nitrogens with zero attached hydrogens (tertiary/aromatic N) is 1. The first-order valence-electron chi connectivity index (χ1n) is 9.11. The number of rotatable bonds is 2. The highest BCUT2D eigenvalue weighted by molar-refractivity contribution is 8.02. The molecule has 4 rings (SSSR count). The summed E-state index contributed by atoms with van der Waals surface area (Å²) in [6, 6.07) is 12.8. The number of methoxy groups -OCH3 is 1. The number of aryl methyl sites for hydroxylation is 1. The standard InChI is InChI=1S/C21H23N3O3S/c1-13-5-7-14(8-6-13)22-19(26)24-12-20(2,3)28-21(24)16-11-15(27-4)9-10-17(16)23-18(21)25/h5-11H,12H2,1-4H3,(H,22,26)(H,23,25)/t21-/m1/s1. The van der Waals surface area contributed by atoms with Gasteiger partial charge < -0.3 is 15.4 Å². The summed E-state index contributed by atoms with van der Waals surface area (Å²) in [6.45, 7) is 6.53. The Morgan fingerprint density at radius 2 is 1.93 bits per heavy atom. The molecule has 2 aromatic carbocycles. The van der Waals surface area contributed by atoms with E-state index in [1.54, 1.807) is 18.1 Å². The Labute approximate surface area is 168 Å². The fourth-order valence-corrected chi connectivity index (χ4v) is 5.43. The van der Waals surface area contributed by atoms with Gasteiger partial charge in [-0.25, -0.2) is 4.79 Å². The molecule has 1 atom stereocenters. The van der Waals surface area contributed by atoms with Gasteiger partial charge in [-0.3, -0.25) is 9.69 Å². The number of amides is 3. The summed E-state index contributed by atoms with van der Waals surface area (Å²) < 4.78 is 5.08. The number of ether oxygens (including phenoxy) is 1. The quantitative estimate of drug-likeness (QED) is 0.798. The zero-order chi connectivity index (χ0) is 20.1. The molecule has 3 amide bonds. The van der Waals surface area contributed by atoms with Gasteiger partial charge in [0.2, 0.25) is 0 Å². The predicted octanol–water partition coefficient (Wildman–Crippen LogP) is 4.17. The average Bonchev–Trinajstić information content (AvgIpc) is 3.10. The molecule has 0 radical (unpaired) electrons. The SMILES string of the molecule is COc1ccc2c(c1)[C@@]1(SC(C)(C)CN1C(=O)Nc1ccc(C)cc1)C(=O)N2. The molecule has 2 aliphatic heterocycles. The zero-order valence-corrected chi connectivity index (χ0v) is 17.1. The van der Waals surface area contributed by atoms with E-state index in [9.17, 15) is 9.59 Å². The van der Waals surface area contributed by atoms with Crippen molar-refractivity contribution in [2.24, 2.45) is 0 Å². The maximum absolute atomic E-state index is 13.2. The third-order valence-corrected chi connectivity index (χ3v) is 6.64. The first-order chi connectivity index (χ1) is 13.2. The zero-order valence-electron chi connectivity index (χ0n) is 16.3. The van der Waals surface area contributed by atoms with Crippen LogP contribution in [0.25, 0.3) is 0 Å². The molecule has 0 bridgehead atoms. The Morgan fingerprint density at radius 1 is 1.21 bits per heavy atom. The first kappa shape index (κ1) is 18.7. The van der Waals surface area contributed by atoms with Crippen LogP contribution in [-0.4, -0.2) is 35.2 Å². The van der Waals surface area contributed by atoms with Gasteiger partial charge in [-0.15, -0.1) is 11.8 Å². The lowest BCUT2D eigenvalue weighted by Crippen LogP contribution is -2.49. The van der Waals surface area contributed by atoms with E-state index < -0.39 is 4.87 Å². The van der Waals surface area contributed by atoms with Crippen molar-refractivity contribution in [3.8, 4) is 5.75 Å². The Hall–Kier alpha value is -2.67. The molecule has 28 heavy (non-hydrogen) atoms. The number of anilines is 2. The summed E-state index contributed by atoms with van der Waals surface area (Å²) in [5.74, 6) is 0.448. The van der Waals surface area contributed by atoms with E-state index in [1.165, 1.54) is 11.8 Å². The molecule has 2 N–H and O–H groups in total. The minimum atomic E-state index is -1.12. The van der Waals surface area contributed by atoms with Crippen LogP contribution in [0.15, 0.2) is 42.5 Å². The highest BCUT2D eigenvalue weighted by atomic mass is 32.2. The summed E-state index contributed by atoms with van der Waals surface area (Å²) in [7, 11) is 1.59. The molecule has 146 valence electrons. The van der Waals surface area contributed by atoms with E-state index >= 15 is 0 Å². The van der Waals surface area contributed by atoms with Crippen molar-refractivity contribution in [2.45, 2.75) is 30.4 Å². The number of fused-ring (bicyclic) bond motifs is 2. The van der Waals surface area contributed by atoms with Gasteiger partial charge in [-0.2, -0.15) is 0 Å². The largest absolute Gasteiger partial charge is 0.497 e. The lowest BCUT2D eigenvalue weighted by Gasteiger charge is -2.32. The fourth-order valence-electron chi connectivity index (χ4n) is 3.76. The van der Waals surface area contributed by atoms with E-state index in [-0.39, 0.29) is 16.7 Å². The van der Waals surface area contributed by atoms with Crippen LogP contribution in [0.2, 0.25) is 0 Å². The molecule has 0 saturated carbocycles. The Balaban J connectivity index is 1.75. The van der Waals surface area contributed by atoms with Gasteiger partial charge in [0.25, 0.3) is 5.91 Å². The molecule has 1 spiro atoms. The smallest absolute Gasteiger partial charge is 0.323 e. The maximum Gasteiger partial charge on any atom is 0.323 e. The number of carbonyl (C=O) groups is 2. The second-order valence-corrected chi connectivity index (χ2v) is 9.65. The molecular weight excluding hydrogens is 374 g/mol. The van der Waals surface area contributed by atoms with Crippen LogP contribution in [0.5, 0.6) is 5.75 Å².